The first-order valence-corrected chi connectivity index (χ1v) is 7.11. The van der Waals surface area contributed by atoms with E-state index in [2.05, 4.69) is 21.2 Å². The fourth-order valence-corrected chi connectivity index (χ4v) is 2.71. The lowest BCUT2D eigenvalue weighted by molar-refractivity contribution is -0.139. The molecule has 2 rings (SSSR count). The number of benzene rings is 1. The van der Waals surface area contributed by atoms with Crippen LogP contribution in [0.5, 0.6) is 5.75 Å². The Morgan fingerprint density at radius 1 is 1.50 bits per heavy atom. The first-order chi connectivity index (χ1) is 10.3. The Morgan fingerprint density at radius 2 is 2.18 bits per heavy atom. The van der Waals surface area contributed by atoms with Crippen LogP contribution in [0.2, 0.25) is 5.02 Å². The summed E-state index contributed by atoms with van der Waals surface area (Å²) in [4.78, 5) is 34.6. The summed E-state index contributed by atoms with van der Waals surface area (Å²) in [5.74, 6) is -1.40. The summed E-state index contributed by atoms with van der Waals surface area (Å²) >= 11 is 9.26. The minimum Gasteiger partial charge on any atom is -0.479 e. The smallest absolute Gasteiger partial charge is 0.341 e. The van der Waals surface area contributed by atoms with Crippen LogP contribution in [0.3, 0.4) is 0 Å². The first-order valence-electron chi connectivity index (χ1n) is 5.94. The van der Waals surface area contributed by atoms with Gasteiger partial charge in [-0.2, -0.15) is 0 Å². The summed E-state index contributed by atoms with van der Waals surface area (Å²) in [7, 11) is 1.37. The number of halogens is 2. The Hall–Kier alpha value is -2.06. The molecule has 0 spiro atoms. The van der Waals surface area contributed by atoms with Crippen LogP contribution in [0.15, 0.2) is 22.3 Å². The number of carboxylic acid groups (broad SMARTS) is 1. The van der Waals surface area contributed by atoms with Crippen molar-refractivity contribution >= 4 is 51.5 Å². The van der Waals surface area contributed by atoms with Gasteiger partial charge in [0, 0.05) is 7.05 Å². The van der Waals surface area contributed by atoms with Crippen LogP contribution in [0.4, 0.5) is 4.79 Å². The molecule has 1 aliphatic heterocycles. The number of imide groups is 1. The summed E-state index contributed by atoms with van der Waals surface area (Å²) < 4.78 is 5.49. The molecule has 7 nitrogen and oxygen atoms in total. The molecule has 2 N–H and O–H groups in total. The van der Waals surface area contributed by atoms with Crippen LogP contribution >= 0.6 is 27.5 Å². The number of aliphatic carboxylic acids is 1. The van der Waals surface area contributed by atoms with Crippen molar-refractivity contribution in [2.45, 2.75) is 0 Å². The highest BCUT2D eigenvalue weighted by Gasteiger charge is 2.30. The topological polar surface area (TPSA) is 95.9 Å². The van der Waals surface area contributed by atoms with Crippen molar-refractivity contribution in [1.29, 1.82) is 0 Å². The van der Waals surface area contributed by atoms with Crippen LogP contribution in [0, 0.1) is 0 Å². The third-order valence-electron chi connectivity index (χ3n) is 2.75. The lowest BCUT2D eigenvalue weighted by Gasteiger charge is -2.09. The number of hydrogen-bond acceptors (Lipinski definition) is 4. The highest BCUT2D eigenvalue weighted by Crippen LogP contribution is 2.35. The molecule has 0 atom stereocenters. The zero-order valence-corrected chi connectivity index (χ0v) is 13.6. The third-order valence-corrected chi connectivity index (χ3v) is 3.62. The van der Waals surface area contributed by atoms with Gasteiger partial charge in [-0.3, -0.25) is 9.69 Å². The van der Waals surface area contributed by atoms with Crippen LogP contribution in [-0.4, -0.2) is 41.6 Å². The van der Waals surface area contributed by atoms with E-state index in [-0.39, 0.29) is 16.5 Å². The maximum absolute atomic E-state index is 11.8. The van der Waals surface area contributed by atoms with Crippen molar-refractivity contribution in [3.63, 3.8) is 0 Å². The molecule has 116 valence electrons. The van der Waals surface area contributed by atoms with Gasteiger partial charge in [-0.15, -0.1) is 0 Å². The predicted molar refractivity (Wildman–Crippen MR) is 81.6 cm³/mol. The average molecular weight is 390 g/mol. The molecule has 1 heterocycles. The number of likely N-dealkylation sites (N-methyl/N-ethyl adjacent to an activating group) is 1. The fourth-order valence-electron chi connectivity index (χ4n) is 1.72. The van der Waals surface area contributed by atoms with Gasteiger partial charge in [0.15, 0.2) is 12.4 Å². The molecule has 9 heteroatoms. The number of carbonyl (C=O) groups excluding carboxylic acids is 2. The molecule has 3 amide bonds. The molecule has 0 saturated carbocycles. The van der Waals surface area contributed by atoms with Crippen molar-refractivity contribution in [3.8, 4) is 5.75 Å². The average Bonchev–Trinajstić information content (AvgIpc) is 2.65. The van der Waals surface area contributed by atoms with Crippen molar-refractivity contribution in [1.82, 2.24) is 10.2 Å². The number of nitrogens with one attached hydrogen (secondary N) is 1. The van der Waals surface area contributed by atoms with E-state index in [0.29, 0.717) is 10.0 Å². The van der Waals surface area contributed by atoms with E-state index in [1.165, 1.54) is 19.2 Å². The summed E-state index contributed by atoms with van der Waals surface area (Å²) in [5.41, 5.74) is 0.660. The molecule has 1 aromatic carbocycles. The summed E-state index contributed by atoms with van der Waals surface area (Å²) in [5, 5.41) is 11.2. The monoisotopic (exact) mass is 388 g/mol. The molecule has 1 fully saturated rings. The van der Waals surface area contributed by atoms with Gasteiger partial charge < -0.3 is 15.2 Å². The van der Waals surface area contributed by atoms with Crippen molar-refractivity contribution in [2.24, 2.45) is 0 Å². The SMILES string of the molecule is CN1C(=O)N/C(=C/c2cc(Cl)c(OCC(=O)O)c(Br)c2)C1=O. The van der Waals surface area contributed by atoms with Crippen LogP contribution in [-0.2, 0) is 9.59 Å². The summed E-state index contributed by atoms with van der Waals surface area (Å²) in [6.07, 6.45) is 1.46. The Kier molecular flexibility index (Phi) is 4.72. The van der Waals surface area contributed by atoms with Gasteiger partial charge in [0.05, 0.1) is 9.50 Å². The van der Waals surface area contributed by atoms with E-state index in [0.717, 1.165) is 4.90 Å². The molecule has 1 saturated heterocycles. The van der Waals surface area contributed by atoms with Crippen LogP contribution in [0.25, 0.3) is 6.08 Å². The molecular weight excluding hydrogens is 380 g/mol. The molecule has 1 aromatic rings. The van der Waals surface area contributed by atoms with Gasteiger partial charge >= 0.3 is 12.0 Å². The minimum absolute atomic E-state index is 0.120. The normalized spacial score (nSPS) is 16.1. The Labute approximate surface area is 138 Å². The molecule has 0 unspecified atom stereocenters. The van der Waals surface area contributed by atoms with Gasteiger partial charge in [-0.25, -0.2) is 9.59 Å². The second-order valence-electron chi connectivity index (χ2n) is 4.35. The second kappa shape index (κ2) is 6.37. The minimum atomic E-state index is -1.13. The number of carboxylic acids is 1. The molecule has 0 bridgehead atoms. The largest absolute Gasteiger partial charge is 0.479 e. The quantitative estimate of drug-likeness (QED) is 0.607. The zero-order valence-electron chi connectivity index (χ0n) is 11.2. The van der Waals surface area contributed by atoms with E-state index in [1.54, 1.807) is 6.07 Å². The number of hydrogen-bond donors (Lipinski definition) is 2. The zero-order chi connectivity index (χ0) is 16.4. The molecule has 0 radical (unpaired) electrons. The summed E-state index contributed by atoms with van der Waals surface area (Å²) in [6, 6.07) is 2.57. The maximum atomic E-state index is 11.8. The highest BCUT2D eigenvalue weighted by atomic mass is 79.9. The number of rotatable bonds is 4. The second-order valence-corrected chi connectivity index (χ2v) is 5.61. The van der Waals surface area contributed by atoms with Gasteiger partial charge in [-0.05, 0) is 39.7 Å². The molecule has 1 aliphatic rings. The number of amides is 3. The Bertz CT molecular complexity index is 681. The van der Waals surface area contributed by atoms with Crippen LogP contribution in [0.1, 0.15) is 5.56 Å². The van der Waals surface area contributed by atoms with E-state index in [1.807, 2.05) is 0 Å². The Balaban J connectivity index is 2.29. The highest BCUT2D eigenvalue weighted by molar-refractivity contribution is 9.10. The molecule has 0 aromatic heterocycles. The van der Waals surface area contributed by atoms with Crippen molar-refractivity contribution in [3.05, 3.63) is 32.9 Å². The maximum Gasteiger partial charge on any atom is 0.341 e. The number of urea groups is 1. The number of ether oxygens (including phenoxy) is 1. The van der Waals surface area contributed by atoms with Gasteiger partial charge in [0.2, 0.25) is 0 Å². The lowest BCUT2D eigenvalue weighted by atomic mass is 10.2. The third kappa shape index (κ3) is 3.40. The van der Waals surface area contributed by atoms with E-state index >= 15 is 0 Å². The lowest BCUT2D eigenvalue weighted by Crippen LogP contribution is -2.25. The van der Waals surface area contributed by atoms with Gasteiger partial charge in [0.25, 0.3) is 5.91 Å². The number of nitrogens with zero attached hydrogens (tertiary/aromatic N) is 1. The van der Waals surface area contributed by atoms with Gasteiger partial charge in [0.1, 0.15) is 5.70 Å². The Morgan fingerprint density at radius 3 is 2.68 bits per heavy atom. The molecule has 22 heavy (non-hydrogen) atoms. The van der Waals surface area contributed by atoms with E-state index in [4.69, 9.17) is 21.4 Å². The van der Waals surface area contributed by atoms with Crippen molar-refractivity contribution in [2.75, 3.05) is 13.7 Å². The van der Waals surface area contributed by atoms with E-state index < -0.39 is 24.5 Å². The standard InChI is InChI=1S/C13H10BrClN2O5/c1-17-12(20)9(16-13(17)21)4-6-2-7(14)11(8(15)3-6)22-5-10(18)19/h2-4H,5H2,1H3,(H,16,21)(H,18,19)/b9-4+. The number of carbonyl (C=O) groups is 3. The predicted octanol–water partition coefficient (Wildman–Crippen LogP) is 2.09. The van der Waals surface area contributed by atoms with Crippen LogP contribution < -0.4 is 10.1 Å². The van der Waals surface area contributed by atoms with Gasteiger partial charge in [-0.1, -0.05) is 11.6 Å². The summed E-state index contributed by atoms with van der Waals surface area (Å²) in [6.45, 7) is -0.530. The molecule has 0 aliphatic carbocycles. The molecular formula is C13H10BrClN2O5. The van der Waals surface area contributed by atoms with Crippen molar-refractivity contribution < 1.29 is 24.2 Å². The fraction of sp³-hybridized carbons (Fsp3) is 0.154. The van der Waals surface area contributed by atoms with E-state index in [9.17, 15) is 14.4 Å². The first kappa shape index (κ1) is 16.3.